The summed E-state index contributed by atoms with van der Waals surface area (Å²) in [7, 11) is -5.93. The van der Waals surface area contributed by atoms with Gasteiger partial charge in [0.1, 0.15) is 5.60 Å². The maximum Gasteiger partial charge on any atom is 0.671 e. The summed E-state index contributed by atoms with van der Waals surface area (Å²) in [6.45, 7) is 8.82. The molecule has 0 amide bonds. The Morgan fingerprint density at radius 3 is 1.58 bits per heavy atom. The summed E-state index contributed by atoms with van der Waals surface area (Å²) in [4.78, 5) is 13.4. The van der Waals surface area contributed by atoms with Crippen molar-refractivity contribution in [2.24, 2.45) is 17.3 Å². The van der Waals surface area contributed by atoms with Crippen molar-refractivity contribution in [1.82, 2.24) is 0 Å². The highest BCUT2D eigenvalue weighted by Gasteiger charge is 2.71. The average Bonchev–Trinajstić information content (AvgIpc) is 3.48. The number of alkyl halides is 6. The molecule has 0 heterocycles. The number of hydrogen-bond donors (Lipinski definition) is 1. The molecule has 2 aliphatic carbocycles. The van der Waals surface area contributed by atoms with E-state index in [1.807, 2.05) is 6.92 Å². The maximum atomic E-state index is 13.4. The van der Waals surface area contributed by atoms with Crippen molar-refractivity contribution in [1.29, 1.82) is 0 Å². The molecular weight excluding hydrogens is 731 g/mol. The minimum Gasteiger partial charge on any atom is -0.460 e. The van der Waals surface area contributed by atoms with E-state index < -0.39 is 74.3 Å². The van der Waals surface area contributed by atoms with E-state index in [-0.39, 0.29) is 67.9 Å². The van der Waals surface area contributed by atoms with Gasteiger partial charge in [0.15, 0.2) is 0 Å². The van der Waals surface area contributed by atoms with Gasteiger partial charge in [-0.25, -0.2) is 0 Å². The van der Waals surface area contributed by atoms with Crippen LogP contribution in [0.25, 0.3) is 0 Å². The van der Waals surface area contributed by atoms with Crippen molar-refractivity contribution in [2.45, 2.75) is 146 Å². The van der Waals surface area contributed by atoms with Gasteiger partial charge in [-0.1, -0.05) is 44.6 Å². The molecule has 6 unspecified atom stereocenters. The van der Waals surface area contributed by atoms with E-state index in [0.29, 0.717) is 19.3 Å². The fraction of sp³-hybridized carbons (Fsp3) is 0.968. The third-order valence-corrected chi connectivity index (χ3v) is 19.8. The molecule has 1 N–H and O–H groups in total. The van der Waals surface area contributed by atoms with Gasteiger partial charge in [0, 0.05) is 47.1 Å². The Bertz CT molecular complexity index is 977. The van der Waals surface area contributed by atoms with Gasteiger partial charge in [0.2, 0.25) is 0 Å². The van der Waals surface area contributed by atoms with E-state index in [4.69, 9.17) is 35.1 Å². The number of halogens is 6. The lowest BCUT2D eigenvalue weighted by molar-refractivity contribution is -0.370. The SMILES string of the molecule is C.C.C.C.C.C.CO[Si](CCCC(O)(C(F)(F)F)C(F)(F)F)(O[Si](OC)(OC)OC)O[Si](C)(OC)C1CC2CC1C(C)(C(=O)OC(C)(C)C)C2. The molecule has 19 heteroatoms. The smallest absolute Gasteiger partial charge is 0.460 e. The second-order valence-corrected chi connectivity index (χ2v) is 22.1. The molecule has 2 saturated carbocycles. The van der Waals surface area contributed by atoms with Crippen LogP contribution in [0, 0.1) is 17.3 Å². The molecule has 0 aromatic carbocycles. The van der Waals surface area contributed by atoms with Gasteiger partial charge in [0.25, 0.3) is 5.60 Å². The lowest BCUT2D eigenvalue weighted by Gasteiger charge is -2.46. The number of ether oxygens (including phenoxy) is 1. The minimum absolute atomic E-state index is 0. The molecule has 2 rings (SSSR count). The monoisotopic (exact) mass is 800 g/mol. The number of carbonyl (C=O) groups is 1. The summed E-state index contributed by atoms with van der Waals surface area (Å²) in [6.07, 6.45) is -12.8. The van der Waals surface area contributed by atoms with E-state index in [1.54, 1.807) is 27.3 Å². The van der Waals surface area contributed by atoms with E-state index in [0.717, 1.165) is 7.11 Å². The summed E-state index contributed by atoms with van der Waals surface area (Å²) >= 11 is 0. The Kier molecular flexibility index (Phi) is 23.7. The van der Waals surface area contributed by atoms with Crippen LogP contribution in [0.1, 0.15) is 104 Å². The standard InChI is InChI=1S/C25H46F6O10Si3.6CH4/c1-21(2,3)39-20(32)22(4)16-17-14-18(22)19(15-17)42(10,34-5)40-43(35-6,41-44(36-7,37-8)38-9)13-11-12-23(33,24(26,27)28)25(29,30)31;;;;;;/h17-19,33H,11-16H2,1-10H3;6*1H4. The molecule has 0 aliphatic heterocycles. The van der Waals surface area contributed by atoms with Gasteiger partial charge in [-0.05, 0) is 78.2 Å². The molecule has 0 aromatic heterocycles. The number of carbonyl (C=O) groups excluding carboxylic acids is 1. The van der Waals surface area contributed by atoms with Crippen LogP contribution < -0.4 is 0 Å². The number of rotatable bonds is 15. The number of hydrogen-bond acceptors (Lipinski definition) is 10. The van der Waals surface area contributed by atoms with Crippen molar-refractivity contribution in [3.8, 4) is 0 Å². The highest BCUT2D eigenvalue weighted by Crippen LogP contribution is 2.64. The van der Waals surface area contributed by atoms with Gasteiger partial charge in [-0.2, -0.15) is 26.3 Å². The van der Waals surface area contributed by atoms with Gasteiger partial charge in [0.05, 0.1) is 5.41 Å². The Labute approximate surface area is 302 Å². The fourth-order valence-corrected chi connectivity index (χ4v) is 18.0. The van der Waals surface area contributed by atoms with Crippen LogP contribution in [0.2, 0.25) is 18.1 Å². The van der Waals surface area contributed by atoms with Crippen molar-refractivity contribution in [3.63, 3.8) is 0 Å². The van der Waals surface area contributed by atoms with Crippen LogP contribution in [0.15, 0.2) is 0 Å². The van der Waals surface area contributed by atoms with Gasteiger partial charge in [-0.3, -0.25) is 4.79 Å². The van der Waals surface area contributed by atoms with Crippen molar-refractivity contribution < 1.29 is 71.3 Å². The van der Waals surface area contributed by atoms with Gasteiger partial charge in [-0.15, -0.1) is 0 Å². The Morgan fingerprint density at radius 1 is 0.780 bits per heavy atom. The summed E-state index contributed by atoms with van der Waals surface area (Å²) in [5, 5.41) is 9.76. The van der Waals surface area contributed by atoms with E-state index in [1.165, 1.54) is 28.4 Å². The lowest BCUT2D eigenvalue weighted by atomic mass is 9.74. The third-order valence-electron chi connectivity index (χ3n) is 8.79. The molecule has 10 nitrogen and oxygen atoms in total. The molecule has 2 bridgehead atoms. The Hall–Kier alpha value is -0.619. The van der Waals surface area contributed by atoms with Gasteiger partial charge < -0.3 is 40.2 Å². The number of esters is 1. The quantitative estimate of drug-likeness (QED) is 0.0978. The average molecular weight is 801 g/mol. The molecular formula is C31H70F6O10Si3. The molecule has 308 valence electrons. The Morgan fingerprint density at radius 2 is 1.24 bits per heavy atom. The second kappa shape index (κ2) is 20.2. The highest BCUT2D eigenvalue weighted by molar-refractivity contribution is 6.82. The zero-order valence-electron chi connectivity index (χ0n) is 26.9. The third kappa shape index (κ3) is 11.9. The molecule has 2 fully saturated rings. The van der Waals surface area contributed by atoms with Crippen molar-refractivity contribution >= 4 is 32.4 Å². The molecule has 0 aromatic rings. The van der Waals surface area contributed by atoms with E-state index in [9.17, 15) is 36.2 Å². The topological polar surface area (TPSA) is 111 Å². The molecule has 0 spiro atoms. The van der Waals surface area contributed by atoms with Gasteiger partial charge >= 0.3 is 44.7 Å². The first-order valence-corrected chi connectivity index (χ1v) is 20.1. The molecule has 0 radical (unpaired) electrons. The maximum absolute atomic E-state index is 13.4. The normalized spacial score (nSPS) is 24.4. The van der Waals surface area contributed by atoms with Crippen LogP contribution in [0.5, 0.6) is 0 Å². The predicted octanol–water partition coefficient (Wildman–Crippen LogP) is 9.30. The zero-order chi connectivity index (χ0) is 34.2. The van der Waals surface area contributed by atoms with Crippen LogP contribution >= 0.6 is 0 Å². The minimum atomic E-state index is -6.00. The van der Waals surface area contributed by atoms with Crippen LogP contribution in [0.4, 0.5) is 26.3 Å². The van der Waals surface area contributed by atoms with Crippen molar-refractivity contribution in [2.75, 3.05) is 35.5 Å². The number of aliphatic hydroxyl groups is 1. The fourth-order valence-electron chi connectivity index (χ4n) is 6.43. The largest absolute Gasteiger partial charge is 0.671 e. The lowest BCUT2D eigenvalue weighted by Crippen LogP contribution is -2.64. The van der Waals surface area contributed by atoms with E-state index >= 15 is 0 Å². The Balaban J connectivity index is -0.00000112. The van der Waals surface area contributed by atoms with E-state index in [2.05, 4.69) is 0 Å². The summed E-state index contributed by atoms with van der Waals surface area (Å²) < 4.78 is 127. The first-order valence-electron chi connectivity index (χ1n) is 14.1. The van der Waals surface area contributed by atoms with Crippen LogP contribution in [0.3, 0.4) is 0 Å². The highest BCUT2D eigenvalue weighted by atomic mass is 28.5. The first kappa shape index (κ1) is 58.7. The van der Waals surface area contributed by atoms with Crippen LogP contribution in [-0.4, -0.2) is 96.6 Å². The molecule has 0 saturated heterocycles. The second-order valence-electron chi connectivity index (χ2n) is 12.8. The summed E-state index contributed by atoms with van der Waals surface area (Å²) in [5.74, 6) is -0.492. The number of fused-ring (bicyclic) bond motifs is 2. The molecule has 6 atom stereocenters. The van der Waals surface area contributed by atoms with Crippen LogP contribution in [-0.2, 0) is 39.9 Å². The molecule has 50 heavy (non-hydrogen) atoms. The summed E-state index contributed by atoms with van der Waals surface area (Å²) in [6, 6.07) is -0.612. The zero-order valence-corrected chi connectivity index (χ0v) is 29.9. The molecule has 2 aliphatic rings. The predicted molar refractivity (Wildman–Crippen MR) is 190 cm³/mol. The first-order chi connectivity index (χ1) is 19.9. The van der Waals surface area contributed by atoms with Crippen molar-refractivity contribution in [3.05, 3.63) is 0 Å². The summed E-state index contributed by atoms with van der Waals surface area (Å²) in [5.41, 5.74) is -6.94.